The number of nitrogens with zero attached hydrogens (tertiary/aromatic N) is 3. The van der Waals surface area contributed by atoms with Gasteiger partial charge in [0.1, 0.15) is 5.69 Å². The number of rotatable bonds is 7. The third-order valence-corrected chi connectivity index (χ3v) is 4.42. The van der Waals surface area contributed by atoms with Crippen molar-refractivity contribution in [3.63, 3.8) is 0 Å². The quantitative estimate of drug-likeness (QED) is 0.592. The fraction of sp³-hybridized carbons (Fsp3) is 0.714. The van der Waals surface area contributed by atoms with Gasteiger partial charge in [-0.15, -0.1) is 0 Å². The van der Waals surface area contributed by atoms with Gasteiger partial charge in [0.15, 0.2) is 0 Å². The van der Waals surface area contributed by atoms with E-state index < -0.39 is 4.92 Å². The van der Waals surface area contributed by atoms with Crippen molar-refractivity contribution in [3.05, 3.63) is 15.8 Å². The van der Waals surface area contributed by atoms with Gasteiger partial charge in [0, 0.05) is 13.6 Å². The summed E-state index contributed by atoms with van der Waals surface area (Å²) in [5.74, 6) is 2.99. The van der Waals surface area contributed by atoms with Gasteiger partial charge in [0.05, 0.1) is 4.92 Å². The third-order valence-electron chi connectivity index (χ3n) is 4.42. The first-order chi connectivity index (χ1) is 10.1. The van der Waals surface area contributed by atoms with Crippen LogP contribution in [0.25, 0.3) is 0 Å². The highest BCUT2D eigenvalue weighted by molar-refractivity contribution is 5.60. The van der Waals surface area contributed by atoms with Crippen LogP contribution in [0.4, 0.5) is 17.5 Å². The molecule has 7 heteroatoms. The summed E-state index contributed by atoms with van der Waals surface area (Å²) >= 11 is 0. The van der Waals surface area contributed by atoms with Crippen LogP contribution in [-0.4, -0.2) is 28.5 Å². The Balaban J connectivity index is 1.79. The first-order valence-electron chi connectivity index (χ1n) is 7.54. The fourth-order valence-corrected chi connectivity index (χ4v) is 3.00. The summed E-state index contributed by atoms with van der Waals surface area (Å²) in [5.41, 5.74) is 0.371. The molecule has 1 heterocycles. The van der Waals surface area contributed by atoms with Crippen LogP contribution in [-0.2, 0) is 0 Å². The molecule has 2 fully saturated rings. The zero-order chi connectivity index (χ0) is 15.0. The smallest absolute Gasteiger partial charge is 0.332 e. The minimum Gasteiger partial charge on any atom is -0.364 e. The lowest BCUT2D eigenvalue weighted by Gasteiger charge is -2.17. The zero-order valence-corrected chi connectivity index (χ0v) is 12.4. The van der Waals surface area contributed by atoms with Crippen LogP contribution in [0, 0.1) is 34.8 Å². The molecule has 1 aromatic rings. The van der Waals surface area contributed by atoms with E-state index in [4.69, 9.17) is 0 Å². The van der Waals surface area contributed by atoms with Gasteiger partial charge in [-0.1, -0.05) is 0 Å². The van der Waals surface area contributed by atoms with Crippen LogP contribution in [0.5, 0.6) is 0 Å². The van der Waals surface area contributed by atoms with Crippen molar-refractivity contribution in [1.82, 2.24) is 9.97 Å². The van der Waals surface area contributed by atoms with Crippen molar-refractivity contribution in [3.8, 4) is 0 Å². The van der Waals surface area contributed by atoms with Gasteiger partial charge in [-0.05, 0) is 50.4 Å². The minimum atomic E-state index is -0.402. The second kappa shape index (κ2) is 5.46. The number of aryl methyl sites for hydroxylation is 1. The number of nitro groups is 1. The summed E-state index contributed by atoms with van der Waals surface area (Å²) in [7, 11) is 1.71. The molecule has 7 nitrogen and oxygen atoms in total. The van der Waals surface area contributed by atoms with Gasteiger partial charge in [0.25, 0.3) is 0 Å². The highest BCUT2D eigenvalue weighted by Crippen LogP contribution is 2.49. The summed E-state index contributed by atoms with van der Waals surface area (Å²) in [6.07, 6.45) is 5.20. The molecule has 21 heavy (non-hydrogen) atoms. The topological polar surface area (TPSA) is 93.0 Å². The largest absolute Gasteiger partial charge is 0.364 e. The van der Waals surface area contributed by atoms with Crippen LogP contribution in [0.3, 0.4) is 0 Å². The maximum absolute atomic E-state index is 11.2. The monoisotopic (exact) mass is 291 g/mol. The van der Waals surface area contributed by atoms with Crippen molar-refractivity contribution in [2.75, 3.05) is 24.2 Å². The van der Waals surface area contributed by atoms with Gasteiger partial charge in [-0.3, -0.25) is 10.1 Å². The zero-order valence-electron chi connectivity index (χ0n) is 12.4. The Labute approximate surface area is 123 Å². The van der Waals surface area contributed by atoms with E-state index in [2.05, 4.69) is 20.6 Å². The highest BCUT2D eigenvalue weighted by Gasteiger charge is 2.41. The van der Waals surface area contributed by atoms with Crippen LogP contribution in [0.15, 0.2) is 0 Å². The summed E-state index contributed by atoms with van der Waals surface area (Å²) in [6, 6.07) is 0. The number of hydrogen-bond donors (Lipinski definition) is 2. The third kappa shape index (κ3) is 3.06. The van der Waals surface area contributed by atoms with E-state index in [1.165, 1.54) is 25.7 Å². The lowest BCUT2D eigenvalue weighted by atomic mass is 9.98. The molecule has 2 aliphatic carbocycles. The van der Waals surface area contributed by atoms with Gasteiger partial charge >= 0.3 is 5.69 Å². The van der Waals surface area contributed by atoms with Crippen LogP contribution < -0.4 is 10.6 Å². The number of anilines is 2. The second-order valence-electron chi connectivity index (χ2n) is 6.06. The molecule has 0 unspecified atom stereocenters. The van der Waals surface area contributed by atoms with Crippen molar-refractivity contribution in [1.29, 1.82) is 0 Å². The number of aromatic nitrogens is 2. The molecule has 0 spiro atoms. The maximum atomic E-state index is 11.2. The fourth-order valence-electron chi connectivity index (χ4n) is 3.00. The summed E-state index contributed by atoms with van der Waals surface area (Å²) in [5, 5.41) is 17.3. The van der Waals surface area contributed by atoms with Gasteiger partial charge in [-0.25, -0.2) is 4.98 Å². The number of nitrogens with one attached hydrogen (secondary N) is 2. The van der Waals surface area contributed by atoms with E-state index in [9.17, 15) is 10.1 Å². The molecule has 3 rings (SSSR count). The van der Waals surface area contributed by atoms with Crippen molar-refractivity contribution < 1.29 is 4.92 Å². The SMILES string of the molecule is CNc1nc(C)c([N+](=O)[O-])c(NCC(C2CC2)C2CC2)n1. The minimum absolute atomic E-state index is 0.0145. The molecule has 0 saturated heterocycles. The molecule has 0 aromatic carbocycles. The lowest BCUT2D eigenvalue weighted by molar-refractivity contribution is -0.385. The molecule has 0 aliphatic heterocycles. The average Bonchev–Trinajstić information content (AvgIpc) is 3.31. The van der Waals surface area contributed by atoms with E-state index in [0.29, 0.717) is 23.4 Å². The van der Waals surface area contributed by atoms with E-state index >= 15 is 0 Å². The first kappa shape index (κ1) is 14.0. The normalized spacial score (nSPS) is 17.9. The predicted molar refractivity (Wildman–Crippen MR) is 80.4 cm³/mol. The number of hydrogen-bond acceptors (Lipinski definition) is 6. The molecule has 2 saturated carbocycles. The molecule has 0 amide bonds. The molecule has 1 aromatic heterocycles. The van der Waals surface area contributed by atoms with Gasteiger partial charge in [-0.2, -0.15) is 4.98 Å². The van der Waals surface area contributed by atoms with Gasteiger partial charge < -0.3 is 10.6 Å². The van der Waals surface area contributed by atoms with Crippen LogP contribution in [0.2, 0.25) is 0 Å². The van der Waals surface area contributed by atoms with E-state index in [-0.39, 0.29) is 5.69 Å². The van der Waals surface area contributed by atoms with Crippen LogP contribution in [0.1, 0.15) is 31.4 Å². The molecular formula is C14H21N5O2. The molecule has 0 bridgehead atoms. The van der Waals surface area contributed by atoms with Gasteiger partial charge in [0.2, 0.25) is 11.8 Å². The Kier molecular flexibility index (Phi) is 3.65. The van der Waals surface area contributed by atoms with Crippen molar-refractivity contribution >= 4 is 17.5 Å². The molecule has 2 aliphatic rings. The Morgan fingerprint density at radius 1 is 1.29 bits per heavy atom. The highest BCUT2D eigenvalue weighted by atomic mass is 16.6. The predicted octanol–water partition coefficient (Wildman–Crippen LogP) is 2.58. The molecule has 2 N–H and O–H groups in total. The molecule has 0 radical (unpaired) electrons. The summed E-state index contributed by atoms with van der Waals surface area (Å²) in [6.45, 7) is 2.42. The van der Waals surface area contributed by atoms with E-state index in [1.54, 1.807) is 14.0 Å². The maximum Gasteiger partial charge on any atom is 0.332 e. The Morgan fingerprint density at radius 2 is 1.90 bits per heavy atom. The van der Waals surface area contributed by atoms with E-state index in [0.717, 1.165) is 18.4 Å². The molecule has 114 valence electrons. The average molecular weight is 291 g/mol. The standard InChI is InChI=1S/C14H21N5O2/c1-8-12(19(20)21)13(18-14(15-2)17-8)16-7-11(9-3-4-9)10-5-6-10/h9-11H,3-7H2,1-2H3,(H2,15,16,17,18). The van der Waals surface area contributed by atoms with Crippen molar-refractivity contribution in [2.24, 2.45) is 17.8 Å². The second-order valence-corrected chi connectivity index (χ2v) is 6.06. The summed E-state index contributed by atoms with van der Waals surface area (Å²) < 4.78 is 0. The Morgan fingerprint density at radius 3 is 2.38 bits per heavy atom. The molecular weight excluding hydrogens is 270 g/mol. The van der Waals surface area contributed by atoms with Crippen molar-refractivity contribution in [2.45, 2.75) is 32.6 Å². The summed E-state index contributed by atoms with van der Waals surface area (Å²) in [4.78, 5) is 19.2. The molecule has 0 atom stereocenters. The van der Waals surface area contributed by atoms with E-state index in [1.807, 2.05) is 0 Å². The Hall–Kier alpha value is -1.92. The van der Waals surface area contributed by atoms with Crippen LogP contribution >= 0.6 is 0 Å². The lowest BCUT2D eigenvalue weighted by Crippen LogP contribution is -2.20. The first-order valence-corrected chi connectivity index (χ1v) is 7.54. The Bertz CT molecular complexity index is 543.